The monoisotopic (exact) mass is 383 g/mol. The molecule has 1 amide bonds. The number of carbonyl (C=O) groups is 2. The zero-order chi connectivity index (χ0) is 19.2. The first kappa shape index (κ1) is 18.6. The van der Waals surface area contributed by atoms with Gasteiger partial charge in [-0.1, -0.05) is 23.9 Å². The minimum atomic E-state index is -0.506. The highest BCUT2D eigenvalue weighted by molar-refractivity contribution is 7.99. The van der Waals surface area contributed by atoms with Crippen molar-refractivity contribution in [3.63, 3.8) is 0 Å². The Balaban J connectivity index is 1.60. The van der Waals surface area contributed by atoms with Crippen LogP contribution in [0.15, 0.2) is 53.7 Å². The lowest BCUT2D eigenvalue weighted by Gasteiger charge is -2.09. The number of amides is 1. The molecule has 0 radical (unpaired) electrons. The van der Waals surface area contributed by atoms with Gasteiger partial charge in [0.15, 0.2) is 5.82 Å². The summed E-state index contributed by atoms with van der Waals surface area (Å²) < 4.78 is 6.40. The zero-order valence-electron chi connectivity index (χ0n) is 14.7. The number of anilines is 1. The second kappa shape index (κ2) is 8.45. The second-order valence-corrected chi connectivity index (χ2v) is 6.48. The molecule has 1 aromatic carbocycles. The summed E-state index contributed by atoms with van der Waals surface area (Å²) in [5, 5.41) is 15.7. The normalized spacial score (nSPS) is 10.4. The molecule has 27 heavy (non-hydrogen) atoms. The van der Waals surface area contributed by atoms with Gasteiger partial charge in [-0.25, -0.2) is 9.48 Å². The van der Waals surface area contributed by atoms with Crippen molar-refractivity contribution >= 4 is 29.3 Å². The number of carbonyl (C=O) groups excluding carboxylic acids is 2. The number of aromatic nitrogens is 4. The molecule has 3 rings (SSSR count). The van der Waals surface area contributed by atoms with E-state index in [1.807, 2.05) is 13.0 Å². The molecule has 2 aromatic heterocycles. The summed E-state index contributed by atoms with van der Waals surface area (Å²) in [7, 11) is 1.30. The van der Waals surface area contributed by atoms with Crippen LogP contribution in [0.1, 0.15) is 16.1 Å². The van der Waals surface area contributed by atoms with E-state index in [-0.39, 0.29) is 11.7 Å². The first-order valence-corrected chi connectivity index (χ1v) is 9.02. The molecular formula is C18H17N5O3S. The van der Waals surface area contributed by atoms with Gasteiger partial charge in [-0.15, -0.1) is 10.2 Å². The van der Waals surface area contributed by atoms with Crippen LogP contribution in [0.2, 0.25) is 0 Å². The number of rotatable bonds is 6. The summed E-state index contributed by atoms with van der Waals surface area (Å²) in [5.41, 5.74) is 1.66. The van der Waals surface area contributed by atoms with E-state index >= 15 is 0 Å². The van der Waals surface area contributed by atoms with Gasteiger partial charge in [0.1, 0.15) is 5.03 Å². The SMILES string of the molecule is COC(=O)c1ccccc1NC(=O)CSc1ccc(-n2nccc2C)nn1. The van der Waals surface area contributed by atoms with Crippen LogP contribution in [0.5, 0.6) is 0 Å². The molecule has 1 N–H and O–H groups in total. The Morgan fingerprint density at radius 2 is 1.96 bits per heavy atom. The van der Waals surface area contributed by atoms with Crippen molar-refractivity contribution in [3.8, 4) is 5.82 Å². The highest BCUT2D eigenvalue weighted by Gasteiger charge is 2.13. The lowest BCUT2D eigenvalue weighted by molar-refractivity contribution is -0.113. The van der Waals surface area contributed by atoms with E-state index in [4.69, 9.17) is 4.74 Å². The number of esters is 1. The lowest BCUT2D eigenvalue weighted by Crippen LogP contribution is -2.17. The highest BCUT2D eigenvalue weighted by atomic mass is 32.2. The van der Waals surface area contributed by atoms with Crippen LogP contribution in [-0.2, 0) is 9.53 Å². The Kier molecular flexibility index (Phi) is 5.82. The molecule has 0 bridgehead atoms. The molecular weight excluding hydrogens is 366 g/mol. The van der Waals surface area contributed by atoms with Gasteiger partial charge >= 0.3 is 5.97 Å². The van der Waals surface area contributed by atoms with Crippen molar-refractivity contribution < 1.29 is 14.3 Å². The molecule has 138 valence electrons. The molecule has 8 nitrogen and oxygen atoms in total. The third kappa shape index (κ3) is 4.50. The number of hydrogen-bond acceptors (Lipinski definition) is 7. The van der Waals surface area contributed by atoms with Crippen LogP contribution in [0.25, 0.3) is 5.82 Å². The minimum Gasteiger partial charge on any atom is -0.465 e. The van der Waals surface area contributed by atoms with Crippen LogP contribution >= 0.6 is 11.8 Å². The molecule has 3 aromatic rings. The van der Waals surface area contributed by atoms with Crippen molar-refractivity contribution in [1.82, 2.24) is 20.0 Å². The first-order chi connectivity index (χ1) is 13.1. The largest absolute Gasteiger partial charge is 0.465 e. The molecule has 0 fully saturated rings. The van der Waals surface area contributed by atoms with Crippen molar-refractivity contribution in [2.24, 2.45) is 0 Å². The molecule has 2 heterocycles. The molecule has 0 aliphatic carbocycles. The van der Waals surface area contributed by atoms with E-state index in [0.717, 1.165) is 5.69 Å². The topological polar surface area (TPSA) is 99.0 Å². The number of thioether (sulfide) groups is 1. The Morgan fingerprint density at radius 3 is 2.63 bits per heavy atom. The van der Waals surface area contributed by atoms with Crippen LogP contribution in [-0.4, -0.2) is 44.7 Å². The van der Waals surface area contributed by atoms with Gasteiger partial charge in [0.2, 0.25) is 5.91 Å². The molecule has 0 saturated carbocycles. The summed E-state index contributed by atoms with van der Waals surface area (Å²) in [6.45, 7) is 1.92. The summed E-state index contributed by atoms with van der Waals surface area (Å²) in [6.07, 6.45) is 1.69. The number of hydrogen-bond donors (Lipinski definition) is 1. The second-order valence-electron chi connectivity index (χ2n) is 5.49. The number of nitrogens with one attached hydrogen (secondary N) is 1. The van der Waals surface area contributed by atoms with Crippen LogP contribution in [0.3, 0.4) is 0 Å². The molecule has 9 heteroatoms. The van der Waals surface area contributed by atoms with Gasteiger partial charge in [0.05, 0.1) is 24.1 Å². The van der Waals surface area contributed by atoms with Gasteiger partial charge in [-0.2, -0.15) is 5.10 Å². The summed E-state index contributed by atoms with van der Waals surface area (Å²) in [4.78, 5) is 23.9. The average Bonchev–Trinajstić information content (AvgIpc) is 3.12. The van der Waals surface area contributed by atoms with Gasteiger partial charge < -0.3 is 10.1 Å². The van der Waals surface area contributed by atoms with E-state index in [1.165, 1.54) is 18.9 Å². The highest BCUT2D eigenvalue weighted by Crippen LogP contribution is 2.19. The number of aryl methyl sites for hydroxylation is 1. The van der Waals surface area contributed by atoms with E-state index in [9.17, 15) is 9.59 Å². The number of ether oxygens (including phenoxy) is 1. The van der Waals surface area contributed by atoms with Gasteiger partial charge in [-0.05, 0) is 37.3 Å². The maximum Gasteiger partial charge on any atom is 0.339 e. The Hall–Kier alpha value is -3.20. The van der Waals surface area contributed by atoms with Crippen LogP contribution in [0, 0.1) is 6.92 Å². The Bertz CT molecular complexity index is 956. The summed E-state index contributed by atoms with van der Waals surface area (Å²) in [5.74, 6) is -0.0259. The van der Waals surface area contributed by atoms with Gasteiger partial charge in [0.25, 0.3) is 0 Å². The van der Waals surface area contributed by atoms with Crippen LogP contribution in [0.4, 0.5) is 5.69 Å². The fourth-order valence-corrected chi connectivity index (χ4v) is 2.93. The fraction of sp³-hybridized carbons (Fsp3) is 0.167. The third-order valence-corrected chi connectivity index (χ3v) is 4.55. The van der Waals surface area contributed by atoms with E-state index in [0.29, 0.717) is 22.1 Å². The molecule has 0 aliphatic rings. The maximum atomic E-state index is 12.2. The number of para-hydroxylation sites is 1. The predicted octanol–water partition coefficient (Wildman–Crippen LogP) is 2.49. The fourth-order valence-electron chi connectivity index (χ4n) is 2.32. The summed E-state index contributed by atoms with van der Waals surface area (Å²) in [6, 6.07) is 12.1. The lowest BCUT2D eigenvalue weighted by atomic mass is 10.2. The molecule has 0 spiro atoms. The Labute approximate surface area is 159 Å². The number of benzene rings is 1. The minimum absolute atomic E-state index is 0.129. The number of methoxy groups -OCH3 is 1. The first-order valence-electron chi connectivity index (χ1n) is 8.03. The van der Waals surface area contributed by atoms with E-state index in [2.05, 4.69) is 20.6 Å². The summed E-state index contributed by atoms with van der Waals surface area (Å²) >= 11 is 1.25. The zero-order valence-corrected chi connectivity index (χ0v) is 15.6. The van der Waals surface area contributed by atoms with Gasteiger partial charge in [0, 0.05) is 11.9 Å². The maximum absolute atomic E-state index is 12.2. The molecule has 0 saturated heterocycles. The molecule has 0 aliphatic heterocycles. The van der Waals surface area contributed by atoms with E-state index in [1.54, 1.807) is 47.3 Å². The van der Waals surface area contributed by atoms with Crippen molar-refractivity contribution in [3.05, 3.63) is 59.9 Å². The standard InChI is InChI=1S/C18H17N5O3S/c1-12-9-10-19-23(12)15-7-8-17(22-21-15)27-11-16(24)20-14-6-4-3-5-13(14)18(25)26-2/h3-10H,11H2,1-2H3,(H,20,24). The molecule has 0 unspecified atom stereocenters. The predicted molar refractivity (Wildman–Crippen MR) is 101 cm³/mol. The van der Waals surface area contributed by atoms with Crippen molar-refractivity contribution in [1.29, 1.82) is 0 Å². The quantitative estimate of drug-likeness (QED) is 0.516. The van der Waals surface area contributed by atoms with Crippen LogP contribution < -0.4 is 5.32 Å². The molecule has 0 atom stereocenters. The van der Waals surface area contributed by atoms with E-state index < -0.39 is 5.97 Å². The van der Waals surface area contributed by atoms with Crippen molar-refractivity contribution in [2.45, 2.75) is 11.9 Å². The average molecular weight is 383 g/mol. The van der Waals surface area contributed by atoms with Gasteiger partial charge in [-0.3, -0.25) is 4.79 Å². The number of nitrogens with zero attached hydrogens (tertiary/aromatic N) is 4. The smallest absolute Gasteiger partial charge is 0.339 e. The van der Waals surface area contributed by atoms with Crippen molar-refractivity contribution in [2.75, 3.05) is 18.2 Å². The Morgan fingerprint density at radius 1 is 1.15 bits per heavy atom. The third-order valence-electron chi connectivity index (χ3n) is 3.63.